The number of amides is 1. The molecule has 4 rings (SSSR count). The summed E-state index contributed by atoms with van der Waals surface area (Å²) in [7, 11) is 0. The zero-order chi connectivity index (χ0) is 18.6. The van der Waals surface area contributed by atoms with E-state index in [0.717, 1.165) is 42.8 Å². The Bertz CT molecular complexity index is 795. The molecule has 4 nitrogen and oxygen atoms in total. The van der Waals surface area contributed by atoms with E-state index < -0.39 is 0 Å². The van der Waals surface area contributed by atoms with E-state index in [1.807, 2.05) is 24.3 Å². The second kappa shape index (κ2) is 8.57. The third kappa shape index (κ3) is 4.80. The van der Waals surface area contributed by atoms with Crippen molar-refractivity contribution in [2.24, 2.45) is 5.92 Å². The van der Waals surface area contributed by atoms with E-state index in [1.54, 1.807) is 6.07 Å². The van der Waals surface area contributed by atoms with Gasteiger partial charge in [0.1, 0.15) is 5.15 Å². The van der Waals surface area contributed by atoms with Gasteiger partial charge < -0.3 is 10.2 Å². The maximum absolute atomic E-state index is 12.7. The lowest BCUT2D eigenvalue weighted by molar-refractivity contribution is 0.0901. The van der Waals surface area contributed by atoms with Crippen LogP contribution in [0.4, 0.5) is 0 Å². The van der Waals surface area contributed by atoms with Gasteiger partial charge in [-0.1, -0.05) is 30.9 Å². The molecule has 1 aliphatic carbocycles. The lowest BCUT2D eigenvalue weighted by atomic mass is 9.88. The van der Waals surface area contributed by atoms with Crippen LogP contribution >= 0.6 is 11.6 Å². The van der Waals surface area contributed by atoms with E-state index in [1.165, 1.54) is 38.6 Å². The van der Waals surface area contributed by atoms with Crippen LogP contribution < -0.4 is 5.32 Å². The van der Waals surface area contributed by atoms with Gasteiger partial charge in [0, 0.05) is 36.6 Å². The maximum Gasteiger partial charge on any atom is 0.251 e. The van der Waals surface area contributed by atoms with E-state index in [4.69, 9.17) is 11.6 Å². The normalized spacial score (nSPS) is 20.0. The number of hydrogen-bond donors (Lipinski definition) is 1. The zero-order valence-electron chi connectivity index (χ0n) is 15.8. The summed E-state index contributed by atoms with van der Waals surface area (Å²) < 4.78 is 0. The number of piperidine rings is 1. The Labute approximate surface area is 166 Å². The van der Waals surface area contributed by atoms with Gasteiger partial charge in [-0.15, -0.1) is 0 Å². The van der Waals surface area contributed by atoms with Crippen molar-refractivity contribution in [3.63, 3.8) is 0 Å². The van der Waals surface area contributed by atoms with E-state index in [2.05, 4.69) is 15.2 Å². The number of benzene rings is 1. The molecule has 0 radical (unpaired) electrons. The molecule has 1 saturated heterocycles. The molecule has 2 heterocycles. The van der Waals surface area contributed by atoms with Crippen LogP contribution in [0.25, 0.3) is 10.9 Å². The first-order valence-corrected chi connectivity index (χ1v) is 10.6. The molecular formula is C22H28ClN3O. The standard InChI is InChI=1S/C22H28ClN3O/c23-21-9-7-17-14-18(6-8-20(17)25-21)22(27)24-19-10-12-26(13-11-19)15-16-4-2-1-3-5-16/h6-9,14,16,19H,1-5,10-13,15H2,(H,24,27). The highest BCUT2D eigenvalue weighted by molar-refractivity contribution is 6.29. The smallest absolute Gasteiger partial charge is 0.251 e. The molecule has 1 aromatic carbocycles. The lowest BCUT2D eigenvalue weighted by Gasteiger charge is -2.35. The summed E-state index contributed by atoms with van der Waals surface area (Å²) in [5.41, 5.74) is 1.51. The second-order valence-corrected chi connectivity index (χ2v) is 8.48. The van der Waals surface area contributed by atoms with Crippen LogP contribution in [-0.4, -0.2) is 41.5 Å². The van der Waals surface area contributed by atoms with Gasteiger partial charge in [0.15, 0.2) is 0 Å². The number of pyridine rings is 1. The fraction of sp³-hybridized carbons (Fsp3) is 0.545. The predicted molar refractivity (Wildman–Crippen MR) is 110 cm³/mol. The van der Waals surface area contributed by atoms with Crippen LogP contribution in [0.15, 0.2) is 30.3 Å². The largest absolute Gasteiger partial charge is 0.349 e. The second-order valence-electron chi connectivity index (χ2n) is 8.09. The SMILES string of the molecule is O=C(NC1CCN(CC2CCCCC2)CC1)c1ccc2nc(Cl)ccc2c1. The summed E-state index contributed by atoms with van der Waals surface area (Å²) in [5.74, 6) is 0.905. The Morgan fingerprint density at radius 2 is 1.85 bits per heavy atom. The molecule has 0 unspecified atom stereocenters. The van der Waals surface area contributed by atoms with Gasteiger partial charge in [-0.3, -0.25) is 4.79 Å². The fourth-order valence-electron chi connectivity index (χ4n) is 4.51. The molecule has 2 aliphatic rings. The van der Waals surface area contributed by atoms with Crippen LogP contribution in [0.5, 0.6) is 0 Å². The van der Waals surface area contributed by atoms with Gasteiger partial charge >= 0.3 is 0 Å². The van der Waals surface area contributed by atoms with Crippen LogP contribution in [-0.2, 0) is 0 Å². The summed E-state index contributed by atoms with van der Waals surface area (Å²) in [6, 6.07) is 9.53. The first-order chi connectivity index (χ1) is 13.2. The van der Waals surface area contributed by atoms with Gasteiger partial charge in [0.25, 0.3) is 5.91 Å². The molecule has 1 saturated carbocycles. The summed E-state index contributed by atoms with van der Waals surface area (Å²) in [6.45, 7) is 3.45. The average Bonchev–Trinajstić information content (AvgIpc) is 2.70. The first-order valence-electron chi connectivity index (χ1n) is 10.3. The van der Waals surface area contributed by atoms with Gasteiger partial charge in [-0.05, 0) is 61.9 Å². The highest BCUT2D eigenvalue weighted by atomic mass is 35.5. The Hall–Kier alpha value is -1.65. The van der Waals surface area contributed by atoms with Crippen molar-refractivity contribution in [2.45, 2.75) is 51.0 Å². The highest BCUT2D eigenvalue weighted by Gasteiger charge is 2.24. The van der Waals surface area contributed by atoms with Crippen molar-refractivity contribution < 1.29 is 4.79 Å². The summed E-state index contributed by atoms with van der Waals surface area (Å²) in [4.78, 5) is 19.5. The van der Waals surface area contributed by atoms with Crippen molar-refractivity contribution >= 4 is 28.4 Å². The molecule has 1 amide bonds. The number of carbonyl (C=O) groups excluding carboxylic acids is 1. The van der Waals surface area contributed by atoms with E-state index >= 15 is 0 Å². The number of aromatic nitrogens is 1. The third-order valence-electron chi connectivity index (χ3n) is 6.08. The summed E-state index contributed by atoms with van der Waals surface area (Å²) in [6.07, 6.45) is 9.13. The van der Waals surface area contributed by atoms with Gasteiger partial charge in [-0.2, -0.15) is 0 Å². The highest BCUT2D eigenvalue weighted by Crippen LogP contribution is 2.25. The van der Waals surface area contributed by atoms with E-state index in [9.17, 15) is 4.79 Å². The number of rotatable bonds is 4. The van der Waals surface area contributed by atoms with Crippen LogP contribution in [0.2, 0.25) is 5.15 Å². The van der Waals surface area contributed by atoms with Gasteiger partial charge in [0.05, 0.1) is 5.52 Å². The van der Waals surface area contributed by atoms with Crippen LogP contribution in [0, 0.1) is 5.92 Å². The summed E-state index contributed by atoms with van der Waals surface area (Å²) in [5, 5.41) is 4.63. The minimum Gasteiger partial charge on any atom is -0.349 e. The monoisotopic (exact) mass is 385 g/mol. The van der Waals surface area contributed by atoms with Crippen molar-refractivity contribution in [3.05, 3.63) is 41.0 Å². The molecule has 0 spiro atoms. The molecule has 144 valence electrons. The Kier molecular flexibility index (Phi) is 5.94. The molecular weight excluding hydrogens is 358 g/mol. The number of carbonyl (C=O) groups is 1. The lowest BCUT2D eigenvalue weighted by Crippen LogP contribution is -2.45. The van der Waals surface area contributed by atoms with Crippen molar-refractivity contribution in [3.8, 4) is 0 Å². The average molecular weight is 386 g/mol. The van der Waals surface area contributed by atoms with Gasteiger partial charge in [0.2, 0.25) is 0 Å². The molecule has 0 bridgehead atoms. The number of hydrogen-bond acceptors (Lipinski definition) is 3. The number of likely N-dealkylation sites (tertiary alicyclic amines) is 1. The van der Waals surface area contributed by atoms with Crippen molar-refractivity contribution in [1.82, 2.24) is 15.2 Å². The van der Waals surface area contributed by atoms with Crippen LogP contribution in [0.3, 0.4) is 0 Å². The molecule has 2 fully saturated rings. The Balaban J connectivity index is 1.29. The van der Waals surface area contributed by atoms with Gasteiger partial charge in [-0.25, -0.2) is 4.98 Å². The first kappa shape index (κ1) is 18.7. The fourth-order valence-corrected chi connectivity index (χ4v) is 4.66. The molecule has 1 aromatic heterocycles. The molecule has 1 aliphatic heterocycles. The molecule has 0 atom stereocenters. The Morgan fingerprint density at radius 1 is 1.07 bits per heavy atom. The molecule has 2 aromatic rings. The minimum atomic E-state index is 0.0116. The maximum atomic E-state index is 12.7. The topological polar surface area (TPSA) is 45.2 Å². The number of fused-ring (bicyclic) bond motifs is 1. The predicted octanol–water partition coefficient (Wildman–Crippen LogP) is 4.66. The number of halogens is 1. The molecule has 27 heavy (non-hydrogen) atoms. The summed E-state index contributed by atoms with van der Waals surface area (Å²) >= 11 is 5.93. The van der Waals surface area contributed by atoms with E-state index in [0.29, 0.717) is 10.7 Å². The Morgan fingerprint density at radius 3 is 2.63 bits per heavy atom. The quantitative estimate of drug-likeness (QED) is 0.778. The number of nitrogens with one attached hydrogen (secondary N) is 1. The van der Waals surface area contributed by atoms with Crippen molar-refractivity contribution in [2.75, 3.05) is 19.6 Å². The van der Waals surface area contributed by atoms with Crippen molar-refractivity contribution in [1.29, 1.82) is 0 Å². The van der Waals surface area contributed by atoms with E-state index in [-0.39, 0.29) is 11.9 Å². The zero-order valence-corrected chi connectivity index (χ0v) is 16.5. The minimum absolute atomic E-state index is 0.0116. The van der Waals surface area contributed by atoms with Crippen LogP contribution in [0.1, 0.15) is 55.3 Å². The molecule has 1 N–H and O–H groups in total. The molecule has 5 heteroatoms. The number of nitrogens with zero attached hydrogens (tertiary/aromatic N) is 2. The third-order valence-corrected chi connectivity index (χ3v) is 6.29.